The third-order valence-corrected chi connectivity index (χ3v) is 5.21. The molecule has 3 aromatic rings. The monoisotopic (exact) mass is 476 g/mol. The van der Waals surface area contributed by atoms with Crippen LogP contribution in [0.1, 0.15) is 31.1 Å². The first-order valence-corrected chi connectivity index (χ1v) is 10.7. The Morgan fingerprint density at radius 1 is 0.629 bits per heavy atom. The maximum Gasteiger partial charge on any atom is 0.338 e. The summed E-state index contributed by atoms with van der Waals surface area (Å²) in [6.45, 7) is 3.62. The van der Waals surface area contributed by atoms with E-state index in [4.69, 9.17) is 18.9 Å². The van der Waals surface area contributed by atoms with Crippen LogP contribution in [0, 0.1) is 0 Å². The van der Waals surface area contributed by atoms with Gasteiger partial charge < -0.3 is 18.9 Å². The number of halogens is 1. The summed E-state index contributed by atoms with van der Waals surface area (Å²) in [5.74, 6) is -2.78. The standard InChI is InChI=1S/C27H21FO7/c1-17-21(33-25(29)18-11-5-2-6-12-18)22(34-26(30)19-13-7-3-8-14-19)23(24(28)32-17)35-27(31)20-15-9-4-10-16-20/h2-16,21-24H,1H2/t21-,22+,23-,24-/m1/s1. The van der Waals surface area contributed by atoms with Gasteiger partial charge >= 0.3 is 17.9 Å². The lowest BCUT2D eigenvalue weighted by atomic mass is 10.0. The molecule has 0 radical (unpaired) electrons. The molecular weight excluding hydrogens is 455 g/mol. The van der Waals surface area contributed by atoms with Crippen molar-refractivity contribution in [1.82, 2.24) is 0 Å². The van der Waals surface area contributed by atoms with E-state index < -0.39 is 42.6 Å². The van der Waals surface area contributed by atoms with Gasteiger partial charge in [0, 0.05) is 0 Å². The molecule has 0 spiro atoms. The fourth-order valence-electron chi connectivity index (χ4n) is 3.45. The molecule has 8 heteroatoms. The van der Waals surface area contributed by atoms with E-state index in [1.165, 1.54) is 36.4 Å². The van der Waals surface area contributed by atoms with Crippen molar-refractivity contribution < 1.29 is 37.7 Å². The fourth-order valence-corrected chi connectivity index (χ4v) is 3.45. The van der Waals surface area contributed by atoms with E-state index in [2.05, 4.69) is 6.58 Å². The summed E-state index contributed by atoms with van der Waals surface area (Å²) in [6.07, 6.45) is -6.99. The molecule has 1 heterocycles. The van der Waals surface area contributed by atoms with Gasteiger partial charge in [-0.3, -0.25) is 0 Å². The Labute approximate surface area is 200 Å². The lowest BCUT2D eigenvalue weighted by molar-refractivity contribution is -0.196. The van der Waals surface area contributed by atoms with Gasteiger partial charge in [-0.05, 0) is 36.4 Å². The van der Waals surface area contributed by atoms with Gasteiger partial charge in [0.2, 0.25) is 6.10 Å². The number of alkyl halides is 1. The summed E-state index contributed by atoms with van der Waals surface area (Å²) in [5, 5.41) is 0. The number of carbonyl (C=O) groups excluding carboxylic acids is 3. The topological polar surface area (TPSA) is 88.1 Å². The van der Waals surface area contributed by atoms with Crippen LogP contribution in [0.3, 0.4) is 0 Å². The highest BCUT2D eigenvalue weighted by Crippen LogP contribution is 2.32. The van der Waals surface area contributed by atoms with E-state index >= 15 is 4.39 Å². The van der Waals surface area contributed by atoms with E-state index in [0.29, 0.717) is 0 Å². The van der Waals surface area contributed by atoms with Crippen LogP contribution in [-0.4, -0.2) is 42.6 Å². The van der Waals surface area contributed by atoms with Crippen LogP contribution in [0.25, 0.3) is 0 Å². The van der Waals surface area contributed by atoms with Gasteiger partial charge in [-0.2, -0.15) is 4.39 Å². The van der Waals surface area contributed by atoms with Crippen molar-refractivity contribution >= 4 is 17.9 Å². The minimum Gasteiger partial charge on any atom is -0.457 e. The number of rotatable bonds is 6. The first-order chi connectivity index (χ1) is 16.9. The molecule has 4 rings (SSSR count). The van der Waals surface area contributed by atoms with Crippen LogP contribution in [0.5, 0.6) is 0 Å². The van der Waals surface area contributed by atoms with Crippen LogP contribution in [-0.2, 0) is 18.9 Å². The number of esters is 3. The van der Waals surface area contributed by atoms with E-state index in [9.17, 15) is 14.4 Å². The predicted molar refractivity (Wildman–Crippen MR) is 122 cm³/mol. The molecule has 0 bridgehead atoms. The SMILES string of the molecule is C=C1O[C@@H](F)[C@H](OC(=O)c2ccccc2)[C@@H](OC(=O)c2ccccc2)[C@@H]1OC(=O)c1ccccc1. The Kier molecular flexibility index (Phi) is 7.21. The molecule has 1 saturated heterocycles. The second kappa shape index (κ2) is 10.6. The Bertz CT molecular complexity index is 1200. The minimum absolute atomic E-state index is 0.148. The number of carbonyl (C=O) groups is 3. The number of hydrogen-bond donors (Lipinski definition) is 0. The average molecular weight is 476 g/mol. The second-order valence-electron chi connectivity index (χ2n) is 7.60. The van der Waals surface area contributed by atoms with Crippen molar-refractivity contribution in [2.75, 3.05) is 0 Å². The molecule has 0 amide bonds. The summed E-state index contributed by atoms with van der Waals surface area (Å²) in [4.78, 5) is 38.2. The van der Waals surface area contributed by atoms with Crippen molar-refractivity contribution in [3.05, 3.63) is 120 Å². The molecule has 4 atom stereocenters. The van der Waals surface area contributed by atoms with Crippen molar-refractivity contribution in [3.8, 4) is 0 Å². The van der Waals surface area contributed by atoms with Crippen LogP contribution >= 0.6 is 0 Å². The quantitative estimate of drug-likeness (QED) is 0.382. The number of hydrogen-bond acceptors (Lipinski definition) is 7. The normalized spacial score (nSPS) is 21.3. The molecule has 7 nitrogen and oxygen atoms in total. The zero-order valence-corrected chi connectivity index (χ0v) is 18.4. The van der Waals surface area contributed by atoms with Gasteiger partial charge in [0.25, 0.3) is 6.36 Å². The summed E-state index contributed by atoms with van der Waals surface area (Å²) in [5.41, 5.74) is 0.519. The zero-order valence-electron chi connectivity index (χ0n) is 18.4. The Morgan fingerprint density at radius 2 is 1.00 bits per heavy atom. The Balaban J connectivity index is 1.64. The van der Waals surface area contributed by atoms with E-state index in [0.717, 1.165) is 0 Å². The number of benzene rings is 3. The van der Waals surface area contributed by atoms with Gasteiger partial charge in [-0.25, -0.2) is 14.4 Å². The zero-order chi connectivity index (χ0) is 24.8. The third kappa shape index (κ3) is 5.55. The first-order valence-electron chi connectivity index (χ1n) is 10.7. The highest BCUT2D eigenvalue weighted by atomic mass is 19.1. The molecule has 1 aliphatic heterocycles. The van der Waals surface area contributed by atoms with Crippen molar-refractivity contribution in [3.63, 3.8) is 0 Å². The average Bonchev–Trinajstić information content (AvgIpc) is 2.89. The van der Waals surface area contributed by atoms with Crippen LogP contribution < -0.4 is 0 Å². The van der Waals surface area contributed by atoms with E-state index in [-0.39, 0.29) is 22.4 Å². The summed E-state index contributed by atoms with van der Waals surface area (Å²) >= 11 is 0. The highest BCUT2D eigenvalue weighted by molar-refractivity contribution is 5.91. The molecule has 3 aromatic carbocycles. The van der Waals surface area contributed by atoms with Gasteiger partial charge in [0.15, 0.2) is 12.2 Å². The molecule has 1 fully saturated rings. The maximum atomic E-state index is 15.0. The van der Waals surface area contributed by atoms with Crippen LogP contribution in [0.15, 0.2) is 103 Å². The molecule has 0 saturated carbocycles. The maximum absolute atomic E-state index is 15.0. The van der Waals surface area contributed by atoms with Crippen molar-refractivity contribution in [1.29, 1.82) is 0 Å². The molecule has 0 unspecified atom stereocenters. The molecule has 178 valence electrons. The molecule has 35 heavy (non-hydrogen) atoms. The molecule has 0 aliphatic carbocycles. The van der Waals surface area contributed by atoms with Crippen LogP contribution in [0.2, 0.25) is 0 Å². The predicted octanol–water partition coefficient (Wildman–Crippen LogP) is 4.50. The fraction of sp³-hybridized carbons (Fsp3) is 0.148. The van der Waals surface area contributed by atoms with Gasteiger partial charge in [0.05, 0.1) is 16.7 Å². The van der Waals surface area contributed by atoms with Gasteiger partial charge in [0.1, 0.15) is 5.76 Å². The largest absolute Gasteiger partial charge is 0.457 e. The summed E-state index contributed by atoms with van der Waals surface area (Å²) in [7, 11) is 0. The Hall–Kier alpha value is -4.46. The lowest BCUT2D eigenvalue weighted by Crippen LogP contribution is -2.55. The van der Waals surface area contributed by atoms with Gasteiger partial charge in [-0.1, -0.05) is 61.2 Å². The molecule has 1 aliphatic rings. The van der Waals surface area contributed by atoms with Crippen molar-refractivity contribution in [2.24, 2.45) is 0 Å². The smallest absolute Gasteiger partial charge is 0.338 e. The highest BCUT2D eigenvalue weighted by Gasteiger charge is 2.51. The molecular formula is C27H21FO7. The van der Waals surface area contributed by atoms with E-state index in [1.54, 1.807) is 54.6 Å². The van der Waals surface area contributed by atoms with Crippen molar-refractivity contribution in [2.45, 2.75) is 24.7 Å². The minimum atomic E-state index is -2.23. The third-order valence-electron chi connectivity index (χ3n) is 5.21. The molecule has 0 aromatic heterocycles. The second-order valence-corrected chi connectivity index (χ2v) is 7.60. The van der Waals surface area contributed by atoms with E-state index in [1.807, 2.05) is 0 Å². The lowest BCUT2D eigenvalue weighted by Gasteiger charge is -2.39. The number of ether oxygens (including phenoxy) is 4. The van der Waals surface area contributed by atoms with Gasteiger partial charge in [-0.15, -0.1) is 0 Å². The first kappa shape index (κ1) is 23.7. The molecule has 0 N–H and O–H groups in total. The van der Waals surface area contributed by atoms with Crippen LogP contribution in [0.4, 0.5) is 4.39 Å². The summed E-state index contributed by atoms with van der Waals surface area (Å²) < 4.78 is 36.5. The summed E-state index contributed by atoms with van der Waals surface area (Å²) in [6, 6.07) is 23.9. The Morgan fingerprint density at radius 3 is 1.43 bits per heavy atom.